The zero-order valence-corrected chi connectivity index (χ0v) is 14.5. The van der Waals surface area contributed by atoms with Gasteiger partial charge in [0.25, 0.3) is 11.8 Å². The first-order valence-corrected chi connectivity index (χ1v) is 8.43. The third kappa shape index (κ3) is 2.77. The molecule has 1 N–H and O–H groups in total. The Hall–Kier alpha value is -4.06. The molecule has 0 radical (unpaired) electrons. The van der Waals surface area contributed by atoms with Gasteiger partial charge in [-0.15, -0.1) is 0 Å². The van der Waals surface area contributed by atoms with Crippen LogP contribution in [-0.2, 0) is 0 Å². The molecule has 0 atom stereocenters. The van der Waals surface area contributed by atoms with Crippen LogP contribution in [0, 0.1) is 0 Å². The van der Waals surface area contributed by atoms with Gasteiger partial charge in [-0.05, 0) is 36.4 Å². The number of nitrogens with zero attached hydrogens (tertiary/aromatic N) is 1. The molecule has 0 aliphatic carbocycles. The van der Waals surface area contributed by atoms with Gasteiger partial charge in [-0.25, -0.2) is 9.69 Å². The molecule has 0 saturated heterocycles. The molecular weight excluding hydrogens is 358 g/mol. The lowest BCUT2D eigenvalue weighted by atomic mass is 9.99. The molecule has 0 saturated carbocycles. The lowest BCUT2D eigenvalue weighted by molar-refractivity contribution is 0.0696. The summed E-state index contributed by atoms with van der Waals surface area (Å²) in [5, 5.41) is 8.98. The summed E-state index contributed by atoms with van der Waals surface area (Å²) in [6.45, 7) is 0. The van der Waals surface area contributed by atoms with Gasteiger partial charge in [0.1, 0.15) is 0 Å². The van der Waals surface area contributed by atoms with E-state index in [-0.39, 0.29) is 28.2 Å². The number of hydrogen-bond acceptors (Lipinski definition) is 4. The van der Waals surface area contributed by atoms with Gasteiger partial charge in [0.05, 0.1) is 22.4 Å². The van der Waals surface area contributed by atoms with Gasteiger partial charge >= 0.3 is 5.97 Å². The van der Waals surface area contributed by atoms with E-state index in [9.17, 15) is 19.2 Å². The molecule has 0 fully saturated rings. The second-order valence-electron chi connectivity index (χ2n) is 6.25. The Bertz CT molecular complexity index is 1130. The molecule has 0 spiro atoms. The van der Waals surface area contributed by atoms with Crippen LogP contribution in [0.3, 0.4) is 0 Å². The summed E-state index contributed by atoms with van der Waals surface area (Å²) in [5.74, 6) is -2.40. The van der Waals surface area contributed by atoms with Crippen molar-refractivity contribution in [2.75, 3.05) is 4.90 Å². The first kappa shape index (κ1) is 17.4. The fourth-order valence-electron chi connectivity index (χ4n) is 3.13. The van der Waals surface area contributed by atoms with E-state index in [2.05, 4.69) is 0 Å². The first-order chi connectivity index (χ1) is 13.5. The number of ketones is 1. The summed E-state index contributed by atoms with van der Waals surface area (Å²) in [6.07, 6.45) is 0. The van der Waals surface area contributed by atoms with Crippen LogP contribution in [0.5, 0.6) is 0 Å². The summed E-state index contributed by atoms with van der Waals surface area (Å²) in [6, 6.07) is 18.5. The molecule has 0 aromatic heterocycles. The van der Waals surface area contributed by atoms with Crippen molar-refractivity contribution in [1.82, 2.24) is 0 Å². The molecule has 28 heavy (non-hydrogen) atoms. The SMILES string of the molecule is O=C(O)c1ccc(N2C(=O)c3ccc(C(=O)c4ccccc4)cc3C2=O)cc1. The van der Waals surface area contributed by atoms with Crippen LogP contribution < -0.4 is 4.90 Å². The number of carboxylic acid groups (broad SMARTS) is 1. The van der Waals surface area contributed by atoms with Crippen LogP contribution in [0.4, 0.5) is 5.69 Å². The highest BCUT2D eigenvalue weighted by atomic mass is 16.4. The molecule has 3 aromatic rings. The van der Waals surface area contributed by atoms with E-state index in [0.29, 0.717) is 11.1 Å². The predicted octanol–water partition coefficient (Wildman–Crippen LogP) is 3.42. The lowest BCUT2D eigenvalue weighted by Gasteiger charge is -2.13. The molecule has 1 aliphatic rings. The fourth-order valence-corrected chi connectivity index (χ4v) is 3.13. The number of aromatic carboxylic acids is 1. The molecule has 6 nitrogen and oxygen atoms in total. The van der Waals surface area contributed by atoms with Crippen molar-refractivity contribution in [2.45, 2.75) is 0 Å². The Morgan fingerprint density at radius 2 is 1.29 bits per heavy atom. The highest BCUT2D eigenvalue weighted by Gasteiger charge is 2.37. The minimum atomic E-state index is -1.10. The Morgan fingerprint density at radius 3 is 1.93 bits per heavy atom. The number of amides is 2. The number of carbonyl (C=O) groups is 4. The maximum atomic E-state index is 12.8. The number of carboxylic acids is 1. The summed E-state index contributed by atoms with van der Waals surface area (Å²) >= 11 is 0. The zero-order chi connectivity index (χ0) is 19.8. The molecule has 1 aliphatic heterocycles. The average Bonchev–Trinajstić information content (AvgIpc) is 2.98. The average molecular weight is 371 g/mol. The smallest absolute Gasteiger partial charge is 0.335 e. The standard InChI is InChI=1S/C22H13NO5/c24-19(13-4-2-1-3-5-13)15-8-11-17-18(12-15)21(26)23(20(17)25)16-9-6-14(7-10-16)22(27)28/h1-12H,(H,27,28). The van der Waals surface area contributed by atoms with Crippen molar-refractivity contribution in [3.63, 3.8) is 0 Å². The topological polar surface area (TPSA) is 91.8 Å². The molecule has 2 amide bonds. The molecule has 3 aromatic carbocycles. The maximum absolute atomic E-state index is 12.8. The van der Waals surface area contributed by atoms with Crippen molar-refractivity contribution in [3.05, 3.63) is 101 Å². The monoisotopic (exact) mass is 371 g/mol. The van der Waals surface area contributed by atoms with Gasteiger partial charge in [-0.1, -0.05) is 36.4 Å². The second-order valence-corrected chi connectivity index (χ2v) is 6.25. The van der Waals surface area contributed by atoms with Crippen molar-refractivity contribution >= 4 is 29.3 Å². The lowest BCUT2D eigenvalue weighted by Crippen LogP contribution is -2.29. The fraction of sp³-hybridized carbons (Fsp3) is 0. The van der Waals surface area contributed by atoms with Crippen molar-refractivity contribution < 1.29 is 24.3 Å². The van der Waals surface area contributed by atoms with Gasteiger partial charge in [-0.2, -0.15) is 0 Å². The van der Waals surface area contributed by atoms with E-state index < -0.39 is 17.8 Å². The minimum Gasteiger partial charge on any atom is -0.478 e. The highest BCUT2D eigenvalue weighted by Crippen LogP contribution is 2.29. The molecule has 6 heteroatoms. The number of carbonyl (C=O) groups excluding carboxylic acids is 3. The van der Waals surface area contributed by atoms with Crippen LogP contribution in [0.2, 0.25) is 0 Å². The largest absolute Gasteiger partial charge is 0.478 e. The van der Waals surface area contributed by atoms with E-state index in [0.717, 1.165) is 4.90 Å². The number of imide groups is 1. The van der Waals surface area contributed by atoms with E-state index in [1.807, 2.05) is 0 Å². The number of anilines is 1. The maximum Gasteiger partial charge on any atom is 0.335 e. The molecule has 136 valence electrons. The summed E-state index contributed by atoms with van der Waals surface area (Å²) in [7, 11) is 0. The van der Waals surface area contributed by atoms with Crippen LogP contribution in [0.15, 0.2) is 72.8 Å². The number of fused-ring (bicyclic) bond motifs is 1. The van der Waals surface area contributed by atoms with Crippen molar-refractivity contribution in [3.8, 4) is 0 Å². The summed E-state index contributed by atoms with van der Waals surface area (Å²) in [5.41, 5.74) is 1.48. The summed E-state index contributed by atoms with van der Waals surface area (Å²) in [4.78, 5) is 50.1. The summed E-state index contributed by atoms with van der Waals surface area (Å²) < 4.78 is 0. The quantitative estimate of drug-likeness (QED) is 0.560. The van der Waals surface area contributed by atoms with Gasteiger partial charge in [0.15, 0.2) is 5.78 Å². The molecule has 0 unspecified atom stereocenters. The molecule has 0 bridgehead atoms. The third-order valence-electron chi connectivity index (χ3n) is 4.56. The van der Waals surface area contributed by atoms with E-state index in [1.54, 1.807) is 30.3 Å². The third-order valence-corrected chi connectivity index (χ3v) is 4.56. The van der Waals surface area contributed by atoms with E-state index in [1.165, 1.54) is 42.5 Å². The minimum absolute atomic E-state index is 0.0519. The Morgan fingerprint density at radius 1 is 0.679 bits per heavy atom. The Balaban J connectivity index is 1.69. The van der Waals surface area contributed by atoms with Gasteiger partial charge in [0, 0.05) is 11.1 Å². The van der Waals surface area contributed by atoms with Crippen LogP contribution in [0.1, 0.15) is 47.0 Å². The van der Waals surface area contributed by atoms with Crippen LogP contribution in [-0.4, -0.2) is 28.7 Å². The molecular formula is C22H13NO5. The molecule has 1 heterocycles. The second kappa shape index (κ2) is 6.59. The van der Waals surface area contributed by atoms with Crippen molar-refractivity contribution in [2.24, 2.45) is 0 Å². The van der Waals surface area contributed by atoms with Crippen LogP contribution in [0.25, 0.3) is 0 Å². The Kier molecular flexibility index (Phi) is 4.08. The van der Waals surface area contributed by atoms with E-state index >= 15 is 0 Å². The van der Waals surface area contributed by atoms with Gasteiger partial charge in [-0.3, -0.25) is 14.4 Å². The van der Waals surface area contributed by atoms with Gasteiger partial charge < -0.3 is 5.11 Å². The zero-order valence-electron chi connectivity index (χ0n) is 14.5. The Labute approximate surface area is 159 Å². The highest BCUT2D eigenvalue weighted by molar-refractivity contribution is 6.35. The normalized spacial score (nSPS) is 12.8. The van der Waals surface area contributed by atoms with Gasteiger partial charge in [0.2, 0.25) is 0 Å². The first-order valence-electron chi connectivity index (χ1n) is 8.43. The van der Waals surface area contributed by atoms with Crippen LogP contribution >= 0.6 is 0 Å². The van der Waals surface area contributed by atoms with E-state index in [4.69, 9.17) is 5.11 Å². The molecule has 4 rings (SSSR count). The predicted molar refractivity (Wildman–Crippen MR) is 101 cm³/mol. The van der Waals surface area contributed by atoms with Crippen molar-refractivity contribution in [1.29, 1.82) is 0 Å². The number of hydrogen-bond donors (Lipinski definition) is 1. The number of benzene rings is 3. The number of rotatable bonds is 4.